The highest BCUT2D eigenvalue weighted by molar-refractivity contribution is 5.69. The van der Waals surface area contributed by atoms with E-state index in [-0.39, 0.29) is 5.92 Å². The molecule has 0 heterocycles. The summed E-state index contributed by atoms with van der Waals surface area (Å²) in [6.07, 6.45) is 3.75. The first-order valence-corrected chi connectivity index (χ1v) is 6.10. The third kappa shape index (κ3) is 7.46. The van der Waals surface area contributed by atoms with Gasteiger partial charge in [0.15, 0.2) is 0 Å². The maximum absolute atomic E-state index is 10.6. The molecule has 16 heavy (non-hydrogen) atoms. The lowest BCUT2D eigenvalue weighted by atomic mass is 10.0. The van der Waals surface area contributed by atoms with Crippen LogP contribution in [-0.2, 0) is 4.79 Å². The fourth-order valence-electron chi connectivity index (χ4n) is 1.40. The van der Waals surface area contributed by atoms with Gasteiger partial charge in [-0.05, 0) is 26.2 Å². The third-order valence-corrected chi connectivity index (χ3v) is 2.90. The fraction of sp³-hybridized carbons (Fsp3) is 0.769. The van der Waals surface area contributed by atoms with Crippen molar-refractivity contribution in [3.63, 3.8) is 0 Å². The average Bonchev–Trinajstić information content (AvgIpc) is 2.25. The van der Waals surface area contributed by atoms with Crippen molar-refractivity contribution >= 4 is 5.97 Å². The normalized spacial score (nSPS) is 14.4. The highest BCUT2D eigenvalue weighted by atomic mass is 16.4. The molecule has 0 aromatic carbocycles. The van der Waals surface area contributed by atoms with Crippen LogP contribution in [0.2, 0.25) is 0 Å². The van der Waals surface area contributed by atoms with E-state index in [9.17, 15) is 4.79 Å². The van der Waals surface area contributed by atoms with Gasteiger partial charge in [0.1, 0.15) is 0 Å². The highest BCUT2D eigenvalue weighted by Gasteiger charge is 2.10. The summed E-state index contributed by atoms with van der Waals surface area (Å²) >= 11 is 0. The van der Waals surface area contributed by atoms with Crippen LogP contribution in [0.1, 0.15) is 46.5 Å². The van der Waals surface area contributed by atoms with E-state index in [4.69, 9.17) is 5.11 Å². The maximum Gasteiger partial charge on any atom is 0.306 e. The standard InChI is InChI=1S/C13H25NO2/c1-5-10(2)9-14-12(4)8-6-7-11(3)13(15)16/h11-12,14H,2,5-9H2,1,3-4H3,(H,15,16). The predicted molar refractivity (Wildman–Crippen MR) is 67.5 cm³/mol. The second kappa shape index (κ2) is 8.34. The third-order valence-electron chi connectivity index (χ3n) is 2.90. The molecule has 3 nitrogen and oxygen atoms in total. The zero-order valence-electron chi connectivity index (χ0n) is 10.8. The number of hydrogen-bond donors (Lipinski definition) is 2. The van der Waals surface area contributed by atoms with E-state index in [1.807, 2.05) is 0 Å². The second-order valence-electron chi connectivity index (χ2n) is 4.56. The molecule has 0 amide bonds. The monoisotopic (exact) mass is 227 g/mol. The van der Waals surface area contributed by atoms with Gasteiger partial charge in [0, 0.05) is 12.6 Å². The summed E-state index contributed by atoms with van der Waals surface area (Å²) < 4.78 is 0. The van der Waals surface area contributed by atoms with E-state index in [0.29, 0.717) is 6.04 Å². The van der Waals surface area contributed by atoms with Gasteiger partial charge in [-0.25, -0.2) is 0 Å². The van der Waals surface area contributed by atoms with Crippen molar-refractivity contribution < 1.29 is 9.90 Å². The number of carboxylic acid groups (broad SMARTS) is 1. The maximum atomic E-state index is 10.6. The molecular formula is C13H25NO2. The molecule has 0 fully saturated rings. The van der Waals surface area contributed by atoms with Gasteiger partial charge in [-0.2, -0.15) is 0 Å². The van der Waals surface area contributed by atoms with Crippen LogP contribution in [0.3, 0.4) is 0 Å². The minimum absolute atomic E-state index is 0.224. The largest absolute Gasteiger partial charge is 0.481 e. The van der Waals surface area contributed by atoms with Crippen molar-refractivity contribution in [3.05, 3.63) is 12.2 Å². The molecule has 2 N–H and O–H groups in total. The van der Waals surface area contributed by atoms with Crippen molar-refractivity contribution in [3.8, 4) is 0 Å². The smallest absolute Gasteiger partial charge is 0.306 e. The van der Waals surface area contributed by atoms with Gasteiger partial charge in [-0.1, -0.05) is 32.4 Å². The summed E-state index contributed by atoms with van der Waals surface area (Å²) in [7, 11) is 0. The average molecular weight is 227 g/mol. The van der Waals surface area contributed by atoms with Crippen LogP contribution in [0.15, 0.2) is 12.2 Å². The van der Waals surface area contributed by atoms with Crippen LogP contribution in [-0.4, -0.2) is 23.7 Å². The number of carboxylic acids is 1. The van der Waals surface area contributed by atoms with Crippen molar-refractivity contribution in [1.29, 1.82) is 0 Å². The van der Waals surface area contributed by atoms with E-state index in [0.717, 1.165) is 32.2 Å². The van der Waals surface area contributed by atoms with Crippen LogP contribution in [0.25, 0.3) is 0 Å². The Bertz CT molecular complexity index is 226. The molecule has 0 bridgehead atoms. The van der Waals surface area contributed by atoms with Gasteiger partial charge in [-0.15, -0.1) is 0 Å². The highest BCUT2D eigenvalue weighted by Crippen LogP contribution is 2.09. The first kappa shape index (κ1) is 15.2. The molecule has 0 aliphatic carbocycles. The molecule has 0 saturated heterocycles. The number of rotatable bonds is 9. The van der Waals surface area contributed by atoms with Gasteiger partial charge in [0.2, 0.25) is 0 Å². The first-order valence-electron chi connectivity index (χ1n) is 6.10. The number of hydrogen-bond acceptors (Lipinski definition) is 2. The molecule has 0 aliphatic heterocycles. The summed E-state index contributed by atoms with van der Waals surface area (Å²) in [4.78, 5) is 10.6. The molecule has 0 rings (SSSR count). The van der Waals surface area contributed by atoms with Crippen LogP contribution >= 0.6 is 0 Å². The van der Waals surface area contributed by atoms with Gasteiger partial charge >= 0.3 is 5.97 Å². The van der Waals surface area contributed by atoms with Crippen LogP contribution < -0.4 is 5.32 Å². The van der Waals surface area contributed by atoms with Crippen molar-refractivity contribution in [2.45, 2.75) is 52.5 Å². The van der Waals surface area contributed by atoms with Crippen LogP contribution in [0.5, 0.6) is 0 Å². The molecule has 0 radical (unpaired) electrons. The zero-order valence-corrected chi connectivity index (χ0v) is 10.8. The summed E-state index contributed by atoms with van der Waals surface area (Å²) in [5.41, 5.74) is 1.21. The Kier molecular flexibility index (Phi) is 7.90. The number of aliphatic carboxylic acids is 1. The van der Waals surface area contributed by atoms with Crippen molar-refractivity contribution in [1.82, 2.24) is 5.32 Å². The molecule has 0 spiro atoms. The van der Waals surface area contributed by atoms with Crippen LogP contribution in [0.4, 0.5) is 0 Å². The first-order chi connectivity index (χ1) is 7.47. The minimum atomic E-state index is -0.694. The Morgan fingerprint density at radius 3 is 2.50 bits per heavy atom. The molecule has 2 unspecified atom stereocenters. The van der Waals surface area contributed by atoms with Crippen LogP contribution in [0, 0.1) is 5.92 Å². The van der Waals surface area contributed by atoms with Crippen molar-refractivity contribution in [2.24, 2.45) is 5.92 Å². The molecule has 0 saturated carbocycles. The predicted octanol–water partition coefficient (Wildman–Crippen LogP) is 2.82. The van der Waals surface area contributed by atoms with Gasteiger partial charge < -0.3 is 10.4 Å². The molecule has 0 aromatic heterocycles. The number of nitrogens with one attached hydrogen (secondary N) is 1. The quantitative estimate of drug-likeness (QED) is 0.595. The lowest BCUT2D eigenvalue weighted by Crippen LogP contribution is -2.27. The second-order valence-corrected chi connectivity index (χ2v) is 4.56. The fourth-order valence-corrected chi connectivity index (χ4v) is 1.40. The summed E-state index contributed by atoms with van der Waals surface area (Å²) in [5.74, 6) is -0.919. The van der Waals surface area contributed by atoms with Gasteiger partial charge in [0.25, 0.3) is 0 Å². The molecule has 0 aliphatic rings. The Balaban J connectivity index is 3.54. The summed E-state index contributed by atoms with van der Waals surface area (Å²) in [5, 5.41) is 12.1. The van der Waals surface area contributed by atoms with E-state index in [1.165, 1.54) is 5.57 Å². The summed E-state index contributed by atoms with van der Waals surface area (Å²) in [6.45, 7) is 10.8. The molecule has 2 atom stereocenters. The van der Waals surface area contributed by atoms with E-state index in [2.05, 4.69) is 25.7 Å². The molecule has 0 aromatic rings. The molecular weight excluding hydrogens is 202 g/mol. The Labute approximate surface area is 98.9 Å². The topological polar surface area (TPSA) is 49.3 Å². The van der Waals surface area contributed by atoms with E-state index >= 15 is 0 Å². The van der Waals surface area contributed by atoms with E-state index < -0.39 is 5.97 Å². The number of carbonyl (C=O) groups is 1. The van der Waals surface area contributed by atoms with Gasteiger partial charge in [0.05, 0.1) is 5.92 Å². The van der Waals surface area contributed by atoms with E-state index in [1.54, 1.807) is 6.92 Å². The summed E-state index contributed by atoms with van der Waals surface area (Å²) in [6, 6.07) is 0.435. The van der Waals surface area contributed by atoms with Crippen molar-refractivity contribution in [2.75, 3.05) is 6.54 Å². The lowest BCUT2D eigenvalue weighted by molar-refractivity contribution is -0.141. The zero-order chi connectivity index (χ0) is 12.6. The lowest BCUT2D eigenvalue weighted by Gasteiger charge is -2.15. The Morgan fingerprint density at radius 2 is 2.00 bits per heavy atom. The SMILES string of the molecule is C=C(CC)CNC(C)CCCC(C)C(=O)O. The molecule has 3 heteroatoms. The van der Waals surface area contributed by atoms with Gasteiger partial charge in [-0.3, -0.25) is 4.79 Å². The Hall–Kier alpha value is -0.830. The Morgan fingerprint density at radius 1 is 1.38 bits per heavy atom. The minimum Gasteiger partial charge on any atom is -0.481 e. The molecule has 94 valence electrons.